The van der Waals surface area contributed by atoms with Gasteiger partial charge in [-0.1, -0.05) is 44.0 Å². The third-order valence-electron chi connectivity index (χ3n) is 4.32. The van der Waals surface area contributed by atoms with Gasteiger partial charge in [-0.15, -0.1) is 0 Å². The van der Waals surface area contributed by atoms with Crippen LogP contribution in [0.15, 0.2) is 57.5 Å². The fraction of sp³-hybridized carbons (Fsp3) is 0.263. The molecule has 2 amide bonds. The highest BCUT2D eigenvalue weighted by molar-refractivity contribution is 9.10. The molecular weight excluding hydrogens is 448 g/mol. The SMILES string of the molecule is CC1CN(C(=O)c2cccc(Br)c2)CCN1C(=O)c1cccc(Br)c1. The Labute approximate surface area is 164 Å². The van der Waals surface area contributed by atoms with Gasteiger partial charge in [0.15, 0.2) is 0 Å². The molecule has 0 N–H and O–H groups in total. The first kappa shape index (κ1) is 18.1. The molecule has 6 heteroatoms. The van der Waals surface area contributed by atoms with E-state index in [0.29, 0.717) is 30.8 Å². The van der Waals surface area contributed by atoms with E-state index in [1.54, 1.807) is 0 Å². The lowest BCUT2D eigenvalue weighted by atomic mass is 10.1. The molecule has 2 aromatic rings. The van der Waals surface area contributed by atoms with Crippen LogP contribution in [0.3, 0.4) is 0 Å². The highest BCUT2D eigenvalue weighted by atomic mass is 79.9. The van der Waals surface area contributed by atoms with Crippen LogP contribution in [0.4, 0.5) is 0 Å². The maximum atomic E-state index is 12.7. The van der Waals surface area contributed by atoms with Crippen LogP contribution in [0, 0.1) is 0 Å². The average Bonchev–Trinajstić information content (AvgIpc) is 2.60. The van der Waals surface area contributed by atoms with Gasteiger partial charge in [0.1, 0.15) is 0 Å². The van der Waals surface area contributed by atoms with Gasteiger partial charge >= 0.3 is 0 Å². The number of hydrogen-bond acceptors (Lipinski definition) is 2. The van der Waals surface area contributed by atoms with E-state index in [1.807, 2.05) is 65.3 Å². The van der Waals surface area contributed by atoms with Crippen molar-refractivity contribution in [3.05, 3.63) is 68.6 Å². The summed E-state index contributed by atoms with van der Waals surface area (Å²) < 4.78 is 1.77. The van der Waals surface area contributed by atoms with Gasteiger partial charge in [-0.05, 0) is 43.3 Å². The zero-order valence-corrected chi connectivity index (χ0v) is 17.0. The number of rotatable bonds is 2. The Bertz CT molecular complexity index is 810. The standard InChI is InChI=1S/C19H18Br2N2O2/c1-13-12-22(18(24)14-4-2-6-16(20)10-14)8-9-23(13)19(25)15-5-3-7-17(21)11-15/h2-7,10-11,13H,8-9,12H2,1H3. The molecule has 2 aromatic carbocycles. The van der Waals surface area contributed by atoms with E-state index in [1.165, 1.54) is 0 Å². The van der Waals surface area contributed by atoms with Crippen LogP contribution >= 0.6 is 31.9 Å². The Morgan fingerprint density at radius 1 is 0.920 bits per heavy atom. The quantitative estimate of drug-likeness (QED) is 0.666. The Hall–Kier alpha value is -1.66. The van der Waals surface area contributed by atoms with E-state index in [0.717, 1.165) is 8.95 Å². The molecule has 1 fully saturated rings. The molecule has 130 valence electrons. The fourth-order valence-corrected chi connectivity index (χ4v) is 3.83. The number of carbonyl (C=O) groups excluding carboxylic acids is 2. The summed E-state index contributed by atoms with van der Waals surface area (Å²) in [5.41, 5.74) is 1.32. The van der Waals surface area contributed by atoms with Crippen molar-refractivity contribution in [3.63, 3.8) is 0 Å². The normalized spacial score (nSPS) is 17.5. The van der Waals surface area contributed by atoms with E-state index in [-0.39, 0.29) is 17.9 Å². The van der Waals surface area contributed by atoms with Crippen molar-refractivity contribution in [1.82, 2.24) is 9.80 Å². The van der Waals surface area contributed by atoms with Crippen molar-refractivity contribution < 1.29 is 9.59 Å². The molecule has 1 heterocycles. The molecule has 0 radical (unpaired) electrons. The van der Waals surface area contributed by atoms with Crippen molar-refractivity contribution in [2.45, 2.75) is 13.0 Å². The largest absolute Gasteiger partial charge is 0.335 e. The number of piperazine rings is 1. The van der Waals surface area contributed by atoms with E-state index >= 15 is 0 Å². The molecule has 1 atom stereocenters. The Kier molecular flexibility index (Phi) is 5.59. The zero-order valence-electron chi connectivity index (χ0n) is 13.8. The fourth-order valence-electron chi connectivity index (χ4n) is 3.04. The van der Waals surface area contributed by atoms with Crippen LogP contribution in [0.25, 0.3) is 0 Å². The number of hydrogen-bond donors (Lipinski definition) is 0. The summed E-state index contributed by atoms with van der Waals surface area (Å²) in [7, 11) is 0. The summed E-state index contributed by atoms with van der Waals surface area (Å²) in [5.74, 6) is 0.00561. The van der Waals surface area contributed by atoms with Crippen molar-refractivity contribution in [2.24, 2.45) is 0 Å². The second-order valence-corrected chi connectivity index (χ2v) is 7.95. The number of carbonyl (C=O) groups is 2. The second-order valence-electron chi connectivity index (χ2n) is 6.12. The Morgan fingerprint density at radius 2 is 1.48 bits per heavy atom. The number of halogens is 2. The maximum Gasteiger partial charge on any atom is 0.254 e. The van der Waals surface area contributed by atoms with Crippen LogP contribution in [-0.4, -0.2) is 47.3 Å². The van der Waals surface area contributed by atoms with E-state index in [9.17, 15) is 9.59 Å². The summed E-state index contributed by atoms with van der Waals surface area (Å²) in [6.07, 6.45) is 0. The minimum Gasteiger partial charge on any atom is -0.335 e. The van der Waals surface area contributed by atoms with Gasteiger partial charge in [-0.3, -0.25) is 9.59 Å². The summed E-state index contributed by atoms with van der Waals surface area (Å²) >= 11 is 6.80. The summed E-state index contributed by atoms with van der Waals surface area (Å²) in [6.45, 7) is 3.59. The molecule has 0 spiro atoms. The van der Waals surface area contributed by atoms with Gasteiger partial charge in [-0.2, -0.15) is 0 Å². The third-order valence-corrected chi connectivity index (χ3v) is 5.31. The lowest BCUT2D eigenvalue weighted by Crippen LogP contribution is -2.55. The zero-order chi connectivity index (χ0) is 18.0. The minimum atomic E-state index is -0.0312. The first-order valence-electron chi connectivity index (χ1n) is 8.07. The molecule has 1 aliphatic rings. The Morgan fingerprint density at radius 3 is 2.00 bits per heavy atom. The number of benzene rings is 2. The maximum absolute atomic E-state index is 12.7. The van der Waals surface area contributed by atoms with E-state index in [4.69, 9.17) is 0 Å². The predicted molar refractivity (Wildman–Crippen MR) is 105 cm³/mol. The molecule has 4 nitrogen and oxygen atoms in total. The lowest BCUT2D eigenvalue weighted by molar-refractivity contribution is 0.0414. The van der Waals surface area contributed by atoms with Crippen LogP contribution in [0.5, 0.6) is 0 Å². The topological polar surface area (TPSA) is 40.6 Å². The molecule has 3 rings (SSSR count). The summed E-state index contributed by atoms with van der Waals surface area (Å²) in [6, 6.07) is 14.8. The lowest BCUT2D eigenvalue weighted by Gasteiger charge is -2.40. The summed E-state index contributed by atoms with van der Waals surface area (Å²) in [5, 5.41) is 0. The summed E-state index contributed by atoms with van der Waals surface area (Å²) in [4.78, 5) is 29.1. The van der Waals surface area contributed by atoms with E-state index < -0.39 is 0 Å². The molecule has 0 saturated carbocycles. The first-order chi connectivity index (χ1) is 12.0. The average molecular weight is 466 g/mol. The van der Waals surface area contributed by atoms with Crippen LogP contribution in [-0.2, 0) is 0 Å². The van der Waals surface area contributed by atoms with Gasteiger partial charge in [0.25, 0.3) is 11.8 Å². The Balaban J connectivity index is 1.70. The van der Waals surface area contributed by atoms with Crippen LogP contribution in [0.2, 0.25) is 0 Å². The molecule has 1 unspecified atom stereocenters. The molecule has 1 aliphatic heterocycles. The monoisotopic (exact) mass is 464 g/mol. The molecule has 0 aromatic heterocycles. The smallest absolute Gasteiger partial charge is 0.254 e. The molecular formula is C19H18Br2N2O2. The highest BCUT2D eigenvalue weighted by Gasteiger charge is 2.30. The molecule has 0 bridgehead atoms. The number of nitrogens with zero attached hydrogens (tertiary/aromatic N) is 2. The first-order valence-corrected chi connectivity index (χ1v) is 9.65. The van der Waals surface area contributed by atoms with Crippen molar-refractivity contribution in [3.8, 4) is 0 Å². The second kappa shape index (κ2) is 7.70. The van der Waals surface area contributed by atoms with Gasteiger partial charge < -0.3 is 9.80 Å². The van der Waals surface area contributed by atoms with Crippen molar-refractivity contribution in [1.29, 1.82) is 0 Å². The van der Waals surface area contributed by atoms with Gasteiger partial charge in [0.05, 0.1) is 0 Å². The van der Waals surface area contributed by atoms with E-state index in [2.05, 4.69) is 31.9 Å². The molecule has 0 aliphatic carbocycles. The minimum absolute atomic E-state index is 0.00250. The predicted octanol–water partition coefficient (Wildman–Crippen LogP) is 4.20. The van der Waals surface area contributed by atoms with Gasteiger partial charge in [0.2, 0.25) is 0 Å². The highest BCUT2D eigenvalue weighted by Crippen LogP contribution is 2.19. The third kappa shape index (κ3) is 4.12. The van der Waals surface area contributed by atoms with Gasteiger partial charge in [0, 0.05) is 45.7 Å². The van der Waals surface area contributed by atoms with Crippen molar-refractivity contribution >= 4 is 43.7 Å². The van der Waals surface area contributed by atoms with Crippen LogP contribution < -0.4 is 0 Å². The number of amides is 2. The molecule has 25 heavy (non-hydrogen) atoms. The van der Waals surface area contributed by atoms with Gasteiger partial charge in [-0.25, -0.2) is 0 Å². The molecule has 1 saturated heterocycles. The van der Waals surface area contributed by atoms with Crippen molar-refractivity contribution in [2.75, 3.05) is 19.6 Å². The van der Waals surface area contributed by atoms with Crippen LogP contribution in [0.1, 0.15) is 27.6 Å².